The second-order valence-electron chi connectivity index (χ2n) is 9.70. The molecule has 0 aromatic heterocycles. The van der Waals surface area contributed by atoms with Gasteiger partial charge in [0.15, 0.2) is 0 Å². The van der Waals surface area contributed by atoms with Gasteiger partial charge in [-0.1, -0.05) is 19.1 Å². The van der Waals surface area contributed by atoms with Gasteiger partial charge in [-0.05, 0) is 86.2 Å². The average molecular weight is 405 g/mol. The number of nitrogens with two attached hydrogens (primary N) is 1. The van der Waals surface area contributed by atoms with Crippen molar-refractivity contribution in [3.05, 3.63) is 34.4 Å². The van der Waals surface area contributed by atoms with E-state index < -0.39 is 10.0 Å². The summed E-state index contributed by atoms with van der Waals surface area (Å²) in [7, 11) is 0.431. The predicted molar refractivity (Wildman–Crippen MR) is 110 cm³/mol. The minimum atomic E-state index is -3.57. The Hall–Kier alpha value is -1.24. The van der Waals surface area contributed by atoms with Gasteiger partial charge in [0.2, 0.25) is 10.0 Å². The van der Waals surface area contributed by atoms with Gasteiger partial charge in [-0.3, -0.25) is 4.79 Å². The van der Waals surface area contributed by atoms with E-state index in [1.54, 1.807) is 0 Å². The molecule has 0 aliphatic heterocycles. The maximum Gasteiger partial charge on any atom is 0.213 e. The molecule has 2 N–H and O–H groups in total. The summed E-state index contributed by atoms with van der Waals surface area (Å²) in [6.45, 7) is 2.90. The smallest absolute Gasteiger partial charge is 0.213 e. The van der Waals surface area contributed by atoms with Crippen LogP contribution in [0.3, 0.4) is 0 Å². The molecule has 0 saturated heterocycles. The summed E-state index contributed by atoms with van der Waals surface area (Å²) in [5.41, 5.74) is 4.47. The monoisotopic (exact) mass is 404 g/mol. The lowest BCUT2D eigenvalue weighted by Crippen LogP contribution is -2.42. The highest BCUT2D eigenvalue weighted by atomic mass is 32.2. The zero-order valence-electron chi connectivity index (χ0n) is 17.2. The van der Waals surface area contributed by atoms with Crippen LogP contribution in [0.15, 0.2) is 12.1 Å². The highest BCUT2D eigenvalue weighted by Crippen LogP contribution is 2.59. The number of ketones is 1. The van der Waals surface area contributed by atoms with Crippen LogP contribution in [0.2, 0.25) is 0 Å². The van der Waals surface area contributed by atoms with Crippen molar-refractivity contribution in [2.45, 2.75) is 63.7 Å². The van der Waals surface area contributed by atoms with Crippen LogP contribution in [0.4, 0.5) is 0 Å². The van der Waals surface area contributed by atoms with E-state index in [1.165, 1.54) is 11.1 Å². The van der Waals surface area contributed by atoms with Crippen molar-refractivity contribution in [3.8, 4) is 0 Å². The molecule has 3 aliphatic carbocycles. The molecule has 2 saturated carbocycles. The highest BCUT2D eigenvalue weighted by molar-refractivity contribution is 7.88. The fourth-order valence-electron chi connectivity index (χ4n) is 6.33. The van der Waals surface area contributed by atoms with Crippen LogP contribution in [0.5, 0.6) is 0 Å². The number of hydrogen-bond acceptors (Lipinski definition) is 4. The summed E-state index contributed by atoms with van der Waals surface area (Å²) < 4.78 is 23.5. The quantitative estimate of drug-likeness (QED) is 0.837. The number of carbonyl (C=O) groups excluding carboxylic acids is 1. The van der Waals surface area contributed by atoms with Gasteiger partial charge in [0.25, 0.3) is 0 Å². The summed E-state index contributed by atoms with van der Waals surface area (Å²) in [4.78, 5) is 14.6. The third-order valence-electron chi connectivity index (χ3n) is 7.60. The molecular formula is C22H32N2O3S. The number of nitrogens with zero attached hydrogens (tertiary/aromatic N) is 1. The molecule has 4 atom stereocenters. The number of rotatable bonds is 4. The fourth-order valence-corrected chi connectivity index (χ4v) is 7.03. The van der Waals surface area contributed by atoms with Crippen molar-refractivity contribution in [2.75, 3.05) is 14.1 Å². The molecule has 0 bridgehead atoms. The van der Waals surface area contributed by atoms with Gasteiger partial charge < -0.3 is 4.90 Å². The van der Waals surface area contributed by atoms with Gasteiger partial charge in [-0.15, -0.1) is 0 Å². The van der Waals surface area contributed by atoms with Gasteiger partial charge >= 0.3 is 0 Å². The molecule has 2 fully saturated rings. The Morgan fingerprint density at radius 1 is 1.14 bits per heavy atom. The normalized spacial score (nSPS) is 32.2. The first-order chi connectivity index (χ1) is 13.1. The van der Waals surface area contributed by atoms with Crippen molar-refractivity contribution in [3.63, 3.8) is 0 Å². The third kappa shape index (κ3) is 3.44. The van der Waals surface area contributed by atoms with Crippen molar-refractivity contribution >= 4 is 15.8 Å². The van der Waals surface area contributed by atoms with Crippen LogP contribution in [0.25, 0.3) is 0 Å². The molecular weight excluding hydrogens is 372 g/mol. The second-order valence-corrected chi connectivity index (χ2v) is 11.3. The number of benzene rings is 1. The van der Waals surface area contributed by atoms with E-state index in [-0.39, 0.29) is 11.2 Å². The Morgan fingerprint density at radius 2 is 1.89 bits per heavy atom. The van der Waals surface area contributed by atoms with E-state index >= 15 is 0 Å². The Labute approximate surface area is 168 Å². The Balaban J connectivity index is 1.73. The van der Waals surface area contributed by atoms with Crippen molar-refractivity contribution in [1.82, 2.24) is 4.90 Å². The molecule has 6 heteroatoms. The first-order valence-corrected chi connectivity index (χ1v) is 12.1. The highest BCUT2D eigenvalue weighted by Gasteiger charge is 2.54. The molecule has 0 spiro atoms. The second kappa shape index (κ2) is 6.92. The summed E-state index contributed by atoms with van der Waals surface area (Å²) in [5, 5.41) is 5.36. The zero-order valence-corrected chi connectivity index (χ0v) is 18.0. The lowest BCUT2D eigenvalue weighted by molar-refractivity contribution is -0.129. The molecule has 4 unspecified atom stereocenters. The van der Waals surface area contributed by atoms with Gasteiger partial charge in [0.1, 0.15) is 5.78 Å². The van der Waals surface area contributed by atoms with Crippen LogP contribution >= 0.6 is 0 Å². The van der Waals surface area contributed by atoms with Crippen molar-refractivity contribution < 1.29 is 13.2 Å². The summed E-state index contributed by atoms with van der Waals surface area (Å²) in [6.07, 6.45) is 5.91. The summed E-state index contributed by atoms with van der Waals surface area (Å²) >= 11 is 0. The van der Waals surface area contributed by atoms with E-state index in [9.17, 15) is 13.2 Å². The Morgan fingerprint density at radius 3 is 2.57 bits per heavy atom. The maximum atomic E-state index is 12.5. The molecule has 3 aliphatic rings. The number of aryl methyl sites for hydroxylation is 1. The first-order valence-electron chi connectivity index (χ1n) is 10.4. The SMILES string of the molecule is CN(C)Cc1cc2c(cc1CS(N)(=O)=O)CCC1C2CCC2(C)C(=O)CCC12. The molecule has 28 heavy (non-hydrogen) atoms. The average Bonchev–Trinajstić information content (AvgIpc) is 2.89. The Kier molecular flexibility index (Phi) is 4.96. The van der Waals surface area contributed by atoms with Crippen LogP contribution in [-0.4, -0.2) is 33.2 Å². The molecule has 0 amide bonds. The lowest BCUT2D eigenvalue weighted by Gasteiger charge is -2.48. The van der Waals surface area contributed by atoms with Gasteiger partial charge in [0, 0.05) is 18.4 Å². The zero-order chi connectivity index (χ0) is 20.3. The Bertz CT molecular complexity index is 909. The van der Waals surface area contributed by atoms with Crippen LogP contribution < -0.4 is 5.14 Å². The molecule has 5 nitrogen and oxygen atoms in total. The lowest BCUT2D eigenvalue weighted by atomic mass is 9.55. The minimum Gasteiger partial charge on any atom is -0.305 e. The molecule has 4 rings (SSSR count). The van der Waals surface area contributed by atoms with Crippen LogP contribution in [0, 0.1) is 17.3 Å². The number of Topliss-reactive ketones (excluding diaryl/α,β-unsaturated/α-hetero) is 1. The number of sulfonamides is 1. The van der Waals surface area contributed by atoms with E-state index in [0.717, 1.165) is 49.7 Å². The van der Waals surface area contributed by atoms with Crippen LogP contribution in [-0.2, 0) is 33.5 Å². The number of hydrogen-bond donors (Lipinski definition) is 1. The predicted octanol–water partition coefficient (Wildman–Crippen LogP) is 2.96. The molecule has 154 valence electrons. The molecule has 1 aromatic rings. The van der Waals surface area contributed by atoms with E-state index in [2.05, 4.69) is 24.0 Å². The largest absolute Gasteiger partial charge is 0.305 e. The van der Waals surface area contributed by atoms with E-state index in [4.69, 9.17) is 5.14 Å². The van der Waals surface area contributed by atoms with Crippen molar-refractivity contribution in [1.29, 1.82) is 0 Å². The topological polar surface area (TPSA) is 80.5 Å². The number of fused-ring (bicyclic) bond motifs is 5. The fraction of sp³-hybridized carbons (Fsp3) is 0.682. The van der Waals surface area contributed by atoms with Gasteiger partial charge in [0.05, 0.1) is 5.75 Å². The van der Waals surface area contributed by atoms with E-state index in [0.29, 0.717) is 30.1 Å². The van der Waals surface area contributed by atoms with Gasteiger partial charge in [-0.25, -0.2) is 13.6 Å². The first kappa shape index (κ1) is 20.0. The number of primary sulfonamides is 1. The standard InChI is InChI=1S/C22H32N2O3S/c1-22-9-8-17-18(20(22)6-7-21(22)25)5-4-14-10-16(13-28(23,26)27)15(11-19(14)17)12-24(2)3/h10-11,17-18,20H,4-9,12-13H2,1-3H3,(H2,23,26,27). The summed E-state index contributed by atoms with van der Waals surface area (Å²) in [5.74, 6) is 1.95. The summed E-state index contributed by atoms with van der Waals surface area (Å²) in [6, 6.07) is 4.36. The maximum absolute atomic E-state index is 12.5. The third-order valence-corrected chi connectivity index (χ3v) is 8.31. The molecule has 0 radical (unpaired) electrons. The molecule has 1 aromatic carbocycles. The number of carbonyl (C=O) groups is 1. The van der Waals surface area contributed by atoms with E-state index in [1.807, 2.05) is 14.1 Å². The molecule has 0 heterocycles. The van der Waals surface area contributed by atoms with Gasteiger partial charge in [-0.2, -0.15) is 0 Å². The minimum absolute atomic E-state index is 0.104. The van der Waals surface area contributed by atoms with Crippen molar-refractivity contribution in [2.24, 2.45) is 22.4 Å². The van der Waals surface area contributed by atoms with Crippen LogP contribution in [0.1, 0.15) is 67.2 Å².